The van der Waals surface area contributed by atoms with Gasteiger partial charge in [-0.15, -0.1) is 0 Å². The molecule has 1 aromatic carbocycles. The van der Waals surface area contributed by atoms with Crippen LogP contribution >= 0.6 is 0 Å². The number of nitro groups is 1. The summed E-state index contributed by atoms with van der Waals surface area (Å²) < 4.78 is 24.1. The zero-order valence-electron chi connectivity index (χ0n) is 8.72. The first kappa shape index (κ1) is 12.2. The fourth-order valence-electron chi connectivity index (χ4n) is 1.17. The zero-order chi connectivity index (χ0) is 12.3. The highest BCUT2D eigenvalue weighted by molar-refractivity contribution is 7.92. The van der Waals surface area contributed by atoms with E-state index >= 15 is 0 Å². The van der Waals surface area contributed by atoms with E-state index in [1.807, 2.05) is 0 Å². The first-order valence-electron chi connectivity index (χ1n) is 4.27. The summed E-state index contributed by atoms with van der Waals surface area (Å²) in [5, 5.41) is 13.2. The van der Waals surface area contributed by atoms with Crippen molar-refractivity contribution in [3.8, 4) is 0 Å². The number of hydrogen-bond acceptors (Lipinski definition) is 5. The Hall–Kier alpha value is -1.83. The van der Waals surface area contributed by atoms with Crippen LogP contribution in [0.15, 0.2) is 18.2 Å². The van der Waals surface area contributed by atoms with Gasteiger partial charge in [-0.2, -0.15) is 0 Å². The molecule has 1 aromatic rings. The summed E-state index contributed by atoms with van der Waals surface area (Å²) in [5.41, 5.74) is 0.414. The van der Waals surface area contributed by atoms with Crippen LogP contribution in [0.5, 0.6) is 0 Å². The highest BCUT2D eigenvalue weighted by atomic mass is 32.2. The van der Waals surface area contributed by atoms with E-state index in [0.717, 1.165) is 6.26 Å². The fourth-order valence-corrected chi connectivity index (χ4v) is 1.73. The number of sulfonamides is 1. The van der Waals surface area contributed by atoms with Gasteiger partial charge in [0, 0.05) is 13.1 Å². The van der Waals surface area contributed by atoms with Crippen molar-refractivity contribution in [2.75, 3.05) is 23.3 Å². The van der Waals surface area contributed by atoms with Gasteiger partial charge in [-0.3, -0.25) is 14.8 Å². The summed E-state index contributed by atoms with van der Waals surface area (Å²) in [4.78, 5) is 10.1. The Morgan fingerprint density at radius 3 is 2.44 bits per heavy atom. The number of nitrogens with zero attached hydrogens (tertiary/aromatic N) is 1. The molecule has 0 atom stereocenters. The van der Waals surface area contributed by atoms with Crippen LogP contribution in [0.2, 0.25) is 0 Å². The molecular formula is C8H11N3O4S. The monoisotopic (exact) mass is 245 g/mol. The van der Waals surface area contributed by atoms with E-state index in [-0.39, 0.29) is 17.1 Å². The van der Waals surface area contributed by atoms with Crippen molar-refractivity contribution < 1.29 is 13.3 Å². The molecule has 8 heteroatoms. The van der Waals surface area contributed by atoms with Crippen LogP contribution in [0, 0.1) is 10.1 Å². The Kier molecular flexibility index (Phi) is 3.33. The van der Waals surface area contributed by atoms with Gasteiger partial charge in [-0.25, -0.2) is 8.42 Å². The molecule has 0 unspecified atom stereocenters. The molecule has 0 amide bonds. The Labute approximate surface area is 92.7 Å². The molecule has 2 N–H and O–H groups in total. The highest BCUT2D eigenvalue weighted by Crippen LogP contribution is 2.27. The molecular weight excluding hydrogens is 234 g/mol. The lowest BCUT2D eigenvalue weighted by molar-refractivity contribution is -0.383. The van der Waals surface area contributed by atoms with Crippen molar-refractivity contribution in [3.63, 3.8) is 0 Å². The molecule has 0 fully saturated rings. The molecule has 0 heterocycles. The lowest BCUT2D eigenvalue weighted by Gasteiger charge is -2.06. The molecule has 88 valence electrons. The van der Waals surface area contributed by atoms with E-state index in [1.165, 1.54) is 25.2 Å². The minimum absolute atomic E-state index is 0.110. The van der Waals surface area contributed by atoms with E-state index < -0.39 is 14.9 Å². The van der Waals surface area contributed by atoms with Crippen molar-refractivity contribution in [1.82, 2.24) is 0 Å². The minimum Gasteiger partial charge on any atom is -0.383 e. The molecule has 0 aliphatic heterocycles. The number of rotatable bonds is 4. The van der Waals surface area contributed by atoms with Crippen LogP contribution in [-0.2, 0) is 10.0 Å². The molecule has 0 bridgehead atoms. The van der Waals surface area contributed by atoms with Gasteiger partial charge in [-0.05, 0) is 12.1 Å². The number of nitro benzene ring substituents is 1. The maximum absolute atomic E-state index is 11.0. The van der Waals surface area contributed by atoms with Crippen molar-refractivity contribution >= 4 is 27.1 Å². The first-order chi connectivity index (χ1) is 7.33. The van der Waals surface area contributed by atoms with Gasteiger partial charge in [0.05, 0.1) is 16.9 Å². The predicted octanol–water partition coefficient (Wildman–Crippen LogP) is 1.01. The number of hydrogen-bond donors (Lipinski definition) is 2. The Morgan fingerprint density at radius 2 is 2.00 bits per heavy atom. The summed E-state index contributed by atoms with van der Waals surface area (Å²) in [5.74, 6) is 0. The lowest BCUT2D eigenvalue weighted by atomic mass is 10.2. The van der Waals surface area contributed by atoms with Crippen LogP contribution < -0.4 is 10.0 Å². The average molecular weight is 245 g/mol. The topological polar surface area (TPSA) is 101 Å². The van der Waals surface area contributed by atoms with Crippen LogP contribution in [0.1, 0.15) is 0 Å². The SMILES string of the molecule is CNc1cc(NS(C)(=O)=O)ccc1[N+](=O)[O-]. The van der Waals surface area contributed by atoms with Gasteiger partial charge in [0.25, 0.3) is 5.69 Å². The van der Waals surface area contributed by atoms with Crippen molar-refractivity contribution in [2.45, 2.75) is 0 Å². The van der Waals surface area contributed by atoms with Crippen molar-refractivity contribution in [3.05, 3.63) is 28.3 Å². The van der Waals surface area contributed by atoms with Crippen LogP contribution in [-0.4, -0.2) is 26.6 Å². The third-order valence-electron chi connectivity index (χ3n) is 1.77. The second kappa shape index (κ2) is 4.35. The van der Waals surface area contributed by atoms with Gasteiger partial charge in [-0.1, -0.05) is 0 Å². The molecule has 0 radical (unpaired) electrons. The lowest BCUT2D eigenvalue weighted by Crippen LogP contribution is -2.10. The fraction of sp³-hybridized carbons (Fsp3) is 0.250. The second-order valence-electron chi connectivity index (χ2n) is 3.11. The van der Waals surface area contributed by atoms with Crippen molar-refractivity contribution in [1.29, 1.82) is 0 Å². The molecule has 0 spiro atoms. The Bertz CT molecular complexity index is 512. The Balaban J connectivity index is 3.14. The van der Waals surface area contributed by atoms with E-state index in [2.05, 4.69) is 10.0 Å². The summed E-state index contributed by atoms with van der Waals surface area (Å²) >= 11 is 0. The Morgan fingerprint density at radius 1 is 1.38 bits per heavy atom. The maximum atomic E-state index is 11.0. The molecule has 1 rings (SSSR count). The predicted molar refractivity (Wildman–Crippen MR) is 61.1 cm³/mol. The number of nitrogens with one attached hydrogen (secondary N) is 2. The number of benzene rings is 1. The minimum atomic E-state index is -3.38. The molecule has 16 heavy (non-hydrogen) atoms. The quantitative estimate of drug-likeness (QED) is 0.608. The van der Waals surface area contributed by atoms with Gasteiger partial charge < -0.3 is 5.32 Å². The third-order valence-corrected chi connectivity index (χ3v) is 2.37. The van der Waals surface area contributed by atoms with Crippen molar-refractivity contribution in [2.24, 2.45) is 0 Å². The molecule has 0 aromatic heterocycles. The summed E-state index contributed by atoms with van der Waals surface area (Å²) in [7, 11) is -1.86. The average Bonchev–Trinajstić information content (AvgIpc) is 2.14. The molecule has 0 saturated carbocycles. The third kappa shape index (κ3) is 3.09. The van der Waals surface area contributed by atoms with Crippen LogP contribution in [0.3, 0.4) is 0 Å². The maximum Gasteiger partial charge on any atom is 0.292 e. The normalized spacial score (nSPS) is 10.9. The standard InChI is InChI=1S/C8H11N3O4S/c1-9-7-5-6(10-16(2,14)15)3-4-8(7)11(12)13/h3-5,9-10H,1-2H3. The van der Waals surface area contributed by atoms with E-state index in [0.29, 0.717) is 0 Å². The van der Waals surface area contributed by atoms with Gasteiger partial charge >= 0.3 is 0 Å². The zero-order valence-corrected chi connectivity index (χ0v) is 9.54. The molecule has 0 saturated heterocycles. The van der Waals surface area contributed by atoms with Gasteiger partial charge in [0.15, 0.2) is 0 Å². The van der Waals surface area contributed by atoms with Gasteiger partial charge in [0.1, 0.15) is 5.69 Å². The summed E-state index contributed by atoms with van der Waals surface area (Å²) in [6, 6.07) is 3.93. The molecule has 0 aliphatic carbocycles. The largest absolute Gasteiger partial charge is 0.383 e. The summed E-state index contributed by atoms with van der Waals surface area (Å²) in [6.45, 7) is 0. The van der Waals surface area contributed by atoms with Crippen LogP contribution in [0.25, 0.3) is 0 Å². The summed E-state index contributed by atoms with van der Waals surface area (Å²) in [6.07, 6.45) is 1.01. The first-order valence-corrected chi connectivity index (χ1v) is 6.16. The highest BCUT2D eigenvalue weighted by Gasteiger charge is 2.13. The second-order valence-corrected chi connectivity index (χ2v) is 4.86. The molecule has 0 aliphatic rings. The number of anilines is 2. The van der Waals surface area contributed by atoms with E-state index in [4.69, 9.17) is 0 Å². The van der Waals surface area contributed by atoms with E-state index in [9.17, 15) is 18.5 Å². The van der Waals surface area contributed by atoms with Crippen LogP contribution in [0.4, 0.5) is 17.1 Å². The van der Waals surface area contributed by atoms with E-state index in [1.54, 1.807) is 0 Å². The molecule has 7 nitrogen and oxygen atoms in total. The van der Waals surface area contributed by atoms with Gasteiger partial charge in [0.2, 0.25) is 10.0 Å². The smallest absolute Gasteiger partial charge is 0.292 e.